The number of fused-ring (bicyclic) bond motifs is 5. The van der Waals surface area contributed by atoms with Gasteiger partial charge in [-0.2, -0.15) is 0 Å². The van der Waals surface area contributed by atoms with E-state index in [0.717, 1.165) is 0 Å². The number of nitrogens with zero attached hydrogens (tertiary/aromatic N) is 2. The molecule has 1 aromatic carbocycles. The molecule has 2 atom stereocenters. The average Bonchev–Trinajstić information content (AvgIpc) is 3.14. The molecule has 172 valence electrons. The second-order valence-corrected chi connectivity index (χ2v) is 9.38. The molecule has 1 unspecified atom stereocenters. The summed E-state index contributed by atoms with van der Waals surface area (Å²) in [6, 6.07) is 4.29. The third kappa shape index (κ3) is 3.10. The topological polar surface area (TPSA) is 137 Å². The van der Waals surface area contributed by atoms with E-state index in [4.69, 9.17) is 10.5 Å². The van der Waals surface area contributed by atoms with E-state index in [9.17, 15) is 23.3 Å². The normalized spacial score (nSPS) is 19.7. The second kappa shape index (κ2) is 7.44. The van der Waals surface area contributed by atoms with E-state index in [1.165, 1.54) is 23.0 Å². The highest BCUT2D eigenvalue weighted by Gasteiger charge is 2.45. The van der Waals surface area contributed by atoms with Gasteiger partial charge < -0.3 is 20.1 Å². The highest BCUT2D eigenvalue weighted by Crippen LogP contribution is 2.40. The van der Waals surface area contributed by atoms with Crippen molar-refractivity contribution in [3.05, 3.63) is 56.6 Å². The molecule has 0 fully saturated rings. The Balaban J connectivity index is 1.81. The van der Waals surface area contributed by atoms with Crippen molar-refractivity contribution in [3.8, 4) is 11.4 Å². The Bertz CT molecular complexity index is 1450. The van der Waals surface area contributed by atoms with Crippen LogP contribution in [0.1, 0.15) is 35.6 Å². The number of halogens is 1. The van der Waals surface area contributed by atoms with E-state index in [0.29, 0.717) is 33.4 Å². The van der Waals surface area contributed by atoms with Gasteiger partial charge >= 0.3 is 5.97 Å². The lowest BCUT2D eigenvalue weighted by Crippen LogP contribution is -2.44. The maximum absolute atomic E-state index is 14.3. The van der Waals surface area contributed by atoms with Crippen LogP contribution in [-0.4, -0.2) is 31.1 Å². The molecule has 0 spiro atoms. The van der Waals surface area contributed by atoms with Crippen molar-refractivity contribution in [3.63, 3.8) is 0 Å². The summed E-state index contributed by atoms with van der Waals surface area (Å²) in [5.41, 5.74) is 6.37. The third-order valence-electron chi connectivity index (χ3n) is 6.38. The summed E-state index contributed by atoms with van der Waals surface area (Å²) < 4.78 is 35.4. The fraction of sp³-hybridized carbons (Fsp3) is 0.318. The predicted octanol–water partition coefficient (Wildman–Crippen LogP) is 1.18. The molecule has 0 aliphatic carbocycles. The summed E-state index contributed by atoms with van der Waals surface area (Å²) in [5, 5.41) is 11.6. The largest absolute Gasteiger partial charge is 0.458 e. The molecule has 0 amide bonds. The van der Waals surface area contributed by atoms with Crippen LogP contribution >= 0.6 is 0 Å². The molecule has 2 aliphatic rings. The number of ether oxygens (including phenoxy) is 1. The number of nitrogens with two attached hydrogens (primary N) is 1. The van der Waals surface area contributed by atoms with Gasteiger partial charge in [-0.1, -0.05) is 6.92 Å². The Labute approximate surface area is 190 Å². The molecule has 9 nitrogen and oxygen atoms in total. The van der Waals surface area contributed by atoms with Gasteiger partial charge in [-0.05, 0) is 24.1 Å². The fourth-order valence-electron chi connectivity index (χ4n) is 4.58. The lowest BCUT2D eigenvalue weighted by Gasteiger charge is -2.31. The number of rotatable bonds is 4. The molecular weight excluding hydrogens is 451 g/mol. The van der Waals surface area contributed by atoms with Crippen molar-refractivity contribution in [1.29, 1.82) is 0 Å². The van der Waals surface area contributed by atoms with E-state index in [1.807, 2.05) is 0 Å². The molecule has 0 saturated carbocycles. The van der Waals surface area contributed by atoms with Crippen LogP contribution in [0.2, 0.25) is 0 Å². The maximum Gasteiger partial charge on any atom is 0.343 e. The van der Waals surface area contributed by atoms with E-state index < -0.39 is 33.9 Å². The zero-order valence-electron chi connectivity index (χ0n) is 17.9. The number of nitrogens with one attached hydrogen (secondary N) is 1. The predicted molar refractivity (Wildman–Crippen MR) is 120 cm³/mol. The van der Waals surface area contributed by atoms with Crippen LogP contribution in [0.15, 0.2) is 23.0 Å². The third-order valence-corrected chi connectivity index (χ3v) is 6.93. The number of esters is 1. The van der Waals surface area contributed by atoms with Gasteiger partial charge in [0.15, 0.2) is 5.60 Å². The summed E-state index contributed by atoms with van der Waals surface area (Å²) >= 11 is 0. The number of cyclic esters (lactones) is 1. The van der Waals surface area contributed by atoms with Crippen molar-refractivity contribution >= 4 is 33.5 Å². The number of hydrogen-bond donors (Lipinski definition) is 3. The first-order valence-electron chi connectivity index (χ1n) is 10.3. The first-order valence-corrected chi connectivity index (χ1v) is 11.9. The molecular formula is C22H21FN4O5S. The summed E-state index contributed by atoms with van der Waals surface area (Å²) in [5.74, 6) is -1.43. The van der Waals surface area contributed by atoms with Crippen LogP contribution in [0.5, 0.6) is 0 Å². The van der Waals surface area contributed by atoms with Crippen LogP contribution in [0.3, 0.4) is 0 Å². The molecule has 4 heterocycles. The van der Waals surface area contributed by atoms with Crippen molar-refractivity contribution < 1.29 is 23.2 Å². The number of aliphatic hydroxyl groups is 1. The monoisotopic (exact) mass is 472 g/mol. The minimum absolute atomic E-state index is 0.0295. The number of carbonyl (C=O) groups is 1. The van der Waals surface area contributed by atoms with Crippen LogP contribution in [0, 0.1) is 5.82 Å². The van der Waals surface area contributed by atoms with Crippen LogP contribution in [-0.2, 0) is 45.8 Å². The SMILES string of the molecule is CC[C@@]1(O)C(=O)OCc2c1cc1n(c2=O)Cc2c-1nc1cc(F)c(N)cc1c2CNS(C)=O. The van der Waals surface area contributed by atoms with Crippen LogP contribution < -0.4 is 16.0 Å². The van der Waals surface area contributed by atoms with E-state index in [-0.39, 0.29) is 42.9 Å². The van der Waals surface area contributed by atoms with Gasteiger partial charge in [-0.15, -0.1) is 0 Å². The molecule has 0 bridgehead atoms. The highest BCUT2D eigenvalue weighted by atomic mass is 32.2. The number of benzene rings is 1. The number of nitrogen functional groups attached to an aromatic ring is 1. The van der Waals surface area contributed by atoms with Crippen LogP contribution in [0.4, 0.5) is 10.1 Å². The zero-order chi connectivity index (χ0) is 23.7. The zero-order valence-corrected chi connectivity index (χ0v) is 18.7. The molecule has 2 aromatic heterocycles. The highest BCUT2D eigenvalue weighted by molar-refractivity contribution is 7.82. The standard InChI is InChI=1S/C22H21FN4O5S/c1-3-22(30)14-5-18-19-12(8-27(18)20(28)13(14)9-32-21(22)29)11(7-25-33(2)31)10-4-16(24)15(23)6-17(10)26-19/h4-6,25,30H,3,7-9,24H2,1-2H3/t22-,33?/m0/s1. The Morgan fingerprint density at radius 2 is 2.09 bits per heavy atom. The van der Waals surface area contributed by atoms with Gasteiger partial charge in [0.05, 0.1) is 45.7 Å². The average molecular weight is 472 g/mol. The molecule has 2 aliphatic heterocycles. The van der Waals surface area contributed by atoms with Gasteiger partial charge in [0, 0.05) is 35.4 Å². The Morgan fingerprint density at radius 1 is 1.33 bits per heavy atom. The first-order chi connectivity index (χ1) is 15.7. The molecule has 0 radical (unpaired) electrons. The van der Waals surface area contributed by atoms with Crippen LogP contribution in [0.25, 0.3) is 22.3 Å². The first kappa shape index (κ1) is 21.7. The quantitative estimate of drug-likeness (QED) is 0.300. The van der Waals surface area contributed by atoms with Gasteiger partial charge in [0.25, 0.3) is 5.56 Å². The number of carbonyl (C=O) groups excluding carboxylic acids is 1. The van der Waals surface area contributed by atoms with Crippen molar-refractivity contribution in [2.75, 3.05) is 12.0 Å². The Kier molecular flexibility index (Phi) is 4.89. The molecule has 0 saturated heterocycles. The molecule has 33 heavy (non-hydrogen) atoms. The number of aromatic nitrogens is 2. The minimum Gasteiger partial charge on any atom is -0.458 e. The van der Waals surface area contributed by atoms with Crippen molar-refractivity contribution in [2.45, 2.75) is 38.6 Å². The molecule has 5 rings (SSSR count). The van der Waals surface area contributed by atoms with Gasteiger partial charge in [0.2, 0.25) is 0 Å². The summed E-state index contributed by atoms with van der Waals surface area (Å²) in [6.45, 7) is 1.75. The number of anilines is 1. The summed E-state index contributed by atoms with van der Waals surface area (Å²) in [6.07, 6.45) is 1.52. The van der Waals surface area contributed by atoms with E-state index in [1.54, 1.807) is 13.0 Å². The number of hydrogen-bond acceptors (Lipinski definition) is 7. The Morgan fingerprint density at radius 3 is 2.79 bits per heavy atom. The molecule has 4 N–H and O–H groups in total. The van der Waals surface area contributed by atoms with Crippen molar-refractivity contribution in [2.24, 2.45) is 0 Å². The fourth-order valence-corrected chi connectivity index (χ4v) is 4.92. The maximum atomic E-state index is 14.3. The summed E-state index contributed by atoms with van der Waals surface area (Å²) in [4.78, 5) is 30.3. The lowest BCUT2D eigenvalue weighted by atomic mass is 9.86. The van der Waals surface area contributed by atoms with E-state index >= 15 is 0 Å². The van der Waals surface area contributed by atoms with Gasteiger partial charge in [0.1, 0.15) is 12.4 Å². The minimum atomic E-state index is -1.94. The molecule has 11 heteroatoms. The second-order valence-electron chi connectivity index (χ2n) is 8.19. The molecule has 3 aromatic rings. The van der Waals surface area contributed by atoms with Gasteiger partial charge in [-0.3, -0.25) is 4.79 Å². The summed E-state index contributed by atoms with van der Waals surface area (Å²) in [7, 11) is -1.32. The smallest absolute Gasteiger partial charge is 0.343 e. The lowest BCUT2D eigenvalue weighted by molar-refractivity contribution is -0.172. The van der Waals surface area contributed by atoms with E-state index in [2.05, 4.69) is 9.71 Å². The number of pyridine rings is 2. The van der Waals surface area contributed by atoms with Crippen molar-refractivity contribution in [1.82, 2.24) is 14.3 Å². The van der Waals surface area contributed by atoms with Gasteiger partial charge in [-0.25, -0.2) is 23.1 Å². The Hall–Kier alpha value is -3.15.